The maximum absolute atomic E-state index is 12.8. The molecule has 0 heterocycles. The van der Waals surface area contributed by atoms with E-state index < -0.39 is 12.0 Å². The van der Waals surface area contributed by atoms with Gasteiger partial charge in [-0.15, -0.1) is 0 Å². The van der Waals surface area contributed by atoms with Crippen LogP contribution in [0.3, 0.4) is 0 Å². The van der Waals surface area contributed by atoms with E-state index in [2.05, 4.69) is 5.32 Å². The first-order valence-corrected chi connectivity index (χ1v) is 9.68. The summed E-state index contributed by atoms with van der Waals surface area (Å²) in [5.41, 5.74) is 14.5. The van der Waals surface area contributed by atoms with Crippen LogP contribution in [-0.4, -0.2) is 24.3 Å². The second kappa shape index (κ2) is 9.58. The van der Waals surface area contributed by atoms with E-state index >= 15 is 0 Å². The standard InChI is InChI=1S/C24H24N4O3/c1-15-10-11-20(25)19(12-15)24(30)31-14-21(16-6-3-2-4-7-16)28-23(29)18-9-5-8-17(13-18)22(26)27/h2-13,21H,14,25H2,1H3,(H3,26,27)(H,28,29)/t21-/m0/s1. The molecule has 3 rings (SSSR count). The number of amidine groups is 1. The molecule has 0 saturated carbocycles. The van der Waals surface area contributed by atoms with Gasteiger partial charge in [-0.2, -0.15) is 0 Å². The zero-order chi connectivity index (χ0) is 22.4. The van der Waals surface area contributed by atoms with E-state index in [1.807, 2.05) is 43.3 Å². The minimum atomic E-state index is -0.579. The molecule has 3 aromatic rings. The van der Waals surface area contributed by atoms with Gasteiger partial charge in [0.1, 0.15) is 12.4 Å². The molecule has 7 nitrogen and oxygen atoms in total. The maximum atomic E-state index is 12.8. The highest BCUT2D eigenvalue weighted by molar-refractivity contribution is 6.00. The molecule has 6 N–H and O–H groups in total. The predicted molar refractivity (Wildman–Crippen MR) is 120 cm³/mol. The van der Waals surface area contributed by atoms with Crippen molar-refractivity contribution < 1.29 is 14.3 Å². The van der Waals surface area contributed by atoms with Gasteiger partial charge in [-0.25, -0.2) is 4.79 Å². The average molecular weight is 416 g/mol. The van der Waals surface area contributed by atoms with Gasteiger partial charge in [-0.3, -0.25) is 10.2 Å². The van der Waals surface area contributed by atoms with Gasteiger partial charge in [0.05, 0.1) is 11.6 Å². The van der Waals surface area contributed by atoms with Crippen LogP contribution in [0.15, 0.2) is 72.8 Å². The summed E-state index contributed by atoms with van der Waals surface area (Å²) in [4.78, 5) is 25.4. The van der Waals surface area contributed by atoms with Crippen molar-refractivity contribution in [3.05, 3.63) is 101 Å². The van der Waals surface area contributed by atoms with E-state index in [9.17, 15) is 9.59 Å². The molecule has 0 bridgehead atoms. The summed E-state index contributed by atoms with van der Waals surface area (Å²) in [6.45, 7) is 1.78. The fraction of sp³-hybridized carbons (Fsp3) is 0.125. The molecule has 1 amide bonds. The number of anilines is 1. The van der Waals surface area contributed by atoms with Crippen LogP contribution >= 0.6 is 0 Å². The van der Waals surface area contributed by atoms with Crippen molar-refractivity contribution in [2.45, 2.75) is 13.0 Å². The molecule has 1 atom stereocenters. The summed E-state index contributed by atoms with van der Waals surface area (Å²) >= 11 is 0. The number of aryl methyl sites for hydroxylation is 1. The first kappa shape index (κ1) is 21.6. The molecule has 0 aromatic heterocycles. The molecular formula is C24H24N4O3. The molecule has 0 aliphatic rings. The average Bonchev–Trinajstić information content (AvgIpc) is 2.78. The molecule has 158 valence electrons. The number of benzene rings is 3. The summed E-state index contributed by atoms with van der Waals surface area (Å²) in [5, 5.41) is 10.4. The van der Waals surface area contributed by atoms with E-state index in [-0.39, 0.29) is 23.9 Å². The van der Waals surface area contributed by atoms with Gasteiger partial charge >= 0.3 is 5.97 Å². The number of nitrogen functional groups attached to an aromatic ring is 2. The highest BCUT2D eigenvalue weighted by Crippen LogP contribution is 2.18. The molecule has 0 unspecified atom stereocenters. The first-order valence-electron chi connectivity index (χ1n) is 9.68. The number of nitrogens with two attached hydrogens (primary N) is 2. The SMILES string of the molecule is Cc1ccc(N)c(C(=O)OC[C@H](NC(=O)c2cccc(C(=N)N)c2)c2ccccc2)c1. The normalized spacial score (nSPS) is 11.4. The number of amides is 1. The van der Waals surface area contributed by atoms with Crippen molar-refractivity contribution in [3.8, 4) is 0 Å². The summed E-state index contributed by atoms with van der Waals surface area (Å²) in [6, 6.07) is 20.3. The van der Waals surface area contributed by atoms with Crippen molar-refractivity contribution in [1.29, 1.82) is 5.41 Å². The number of esters is 1. The number of hydrogen-bond donors (Lipinski definition) is 4. The van der Waals surface area contributed by atoms with Gasteiger partial charge in [0, 0.05) is 16.8 Å². The quantitative estimate of drug-likeness (QED) is 0.203. The molecule has 0 aliphatic carbocycles. The third-order valence-electron chi connectivity index (χ3n) is 4.75. The number of rotatable bonds is 7. The van der Waals surface area contributed by atoms with E-state index in [4.69, 9.17) is 21.6 Å². The Morgan fingerprint density at radius 1 is 1.00 bits per heavy atom. The topological polar surface area (TPSA) is 131 Å². The third-order valence-corrected chi connectivity index (χ3v) is 4.75. The summed E-state index contributed by atoms with van der Waals surface area (Å²) in [7, 11) is 0. The van der Waals surface area contributed by atoms with Crippen molar-refractivity contribution >= 4 is 23.4 Å². The second-order valence-corrected chi connectivity index (χ2v) is 7.12. The Balaban J connectivity index is 1.78. The van der Waals surface area contributed by atoms with Crippen LogP contribution < -0.4 is 16.8 Å². The smallest absolute Gasteiger partial charge is 0.340 e. The van der Waals surface area contributed by atoms with Gasteiger partial charge in [-0.05, 0) is 36.8 Å². The van der Waals surface area contributed by atoms with Crippen LogP contribution in [0.1, 0.15) is 43.4 Å². The number of nitrogens with one attached hydrogen (secondary N) is 2. The zero-order valence-electron chi connectivity index (χ0n) is 17.1. The van der Waals surface area contributed by atoms with Crippen molar-refractivity contribution in [2.24, 2.45) is 5.73 Å². The Morgan fingerprint density at radius 3 is 2.42 bits per heavy atom. The molecule has 0 radical (unpaired) electrons. The molecule has 31 heavy (non-hydrogen) atoms. The van der Waals surface area contributed by atoms with Gasteiger partial charge in [-0.1, -0.05) is 54.1 Å². The molecule has 3 aromatic carbocycles. The zero-order valence-corrected chi connectivity index (χ0v) is 17.1. The highest BCUT2D eigenvalue weighted by atomic mass is 16.5. The number of hydrogen-bond acceptors (Lipinski definition) is 5. The Morgan fingerprint density at radius 2 is 1.71 bits per heavy atom. The lowest BCUT2D eigenvalue weighted by atomic mass is 10.1. The Labute approximate surface area is 180 Å². The van der Waals surface area contributed by atoms with E-state index in [1.54, 1.807) is 36.4 Å². The van der Waals surface area contributed by atoms with Crippen LogP contribution in [0.25, 0.3) is 0 Å². The number of carbonyl (C=O) groups is 2. The predicted octanol–water partition coefficient (Wildman–Crippen LogP) is 3.19. The molecular weight excluding hydrogens is 392 g/mol. The minimum absolute atomic E-state index is 0.0750. The molecule has 7 heteroatoms. The summed E-state index contributed by atoms with van der Waals surface area (Å²) in [6.07, 6.45) is 0. The van der Waals surface area contributed by atoms with E-state index in [0.717, 1.165) is 11.1 Å². The van der Waals surface area contributed by atoms with Crippen LogP contribution in [-0.2, 0) is 4.74 Å². The molecule has 0 fully saturated rings. The van der Waals surface area contributed by atoms with Crippen molar-refractivity contribution in [3.63, 3.8) is 0 Å². The van der Waals surface area contributed by atoms with Crippen LogP contribution in [0, 0.1) is 12.3 Å². The van der Waals surface area contributed by atoms with Gasteiger partial charge in [0.2, 0.25) is 0 Å². The van der Waals surface area contributed by atoms with Gasteiger partial charge in [0.15, 0.2) is 0 Å². The molecule has 0 spiro atoms. The van der Waals surface area contributed by atoms with E-state index in [1.165, 1.54) is 0 Å². The van der Waals surface area contributed by atoms with Crippen molar-refractivity contribution in [2.75, 3.05) is 12.3 Å². The number of ether oxygens (including phenoxy) is 1. The highest BCUT2D eigenvalue weighted by Gasteiger charge is 2.20. The maximum Gasteiger partial charge on any atom is 0.340 e. The molecule has 0 saturated heterocycles. The minimum Gasteiger partial charge on any atom is -0.459 e. The summed E-state index contributed by atoms with van der Waals surface area (Å²) in [5.74, 6) is -1.06. The van der Waals surface area contributed by atoms with Gasteiger partial charge < -0.3 is 21.5 Å². The Kier molecular flexibility index (Phi) is 6.67. The number of carbonyl (C=O) groups excluding carboxylic acids is 2. The lowest BCUT2D eigenvalue weighted by Gasteiger charge is -2.20. The Hall–Kier alpha value is -4.13. The third kappa shape index (κ3) is 5.48. The monoisotopic (exact) mass is 416 g/mol. The lowest BCUT2D eigenvalue weighted by Crippen LogP contribution is -2.32. The second-order valence-electron chi connectivity index (χ2n) is 7.12. The van der Waals surface area contributed by atoms with Crippen LogP contribution in [0.5, 0.6) is 0 Å². The Bertz CT molecular complexity index is 1110. The summed E-state index contributed by atoms with van der Waals surface area (Å²) < 4.78 is 5.49. The van der Waals surface area contributed by atoms with E-state index in [0.29, 0.717) is 16.8 Å². The first-order chi connectivity index (χ1) is 14.8. The van der Waals surface area contributed by atoms with Crippen molar-refractivity contribution in [1.82, 2.24) is 5.32 Å². The van der Waals surface area contributed by atoms with Crippen LogP contribution in [0.2, 0.25) is 0 Å². The van der Waals surface area contributed by atoms with Gasteiger partial charge in [0.25, 0.3) is 5.91 Å². The largest absolute Gasteiger partial charge is 0.459 e. The fourth-order valence-electron chi connectivity index (χ4n) is 3.06. The fourth-order valence-corrected chi connectivity index (χ4v) is 3.06. The van der Waals surface area contributed by atoms with Crippen LogP contribution in [0.4, 0.5) is 5.69 Å². The lowest BCUT2D eigenvalue weighted by molar-refractivity contribution is 0.0457. The molecule has 0 aliphatic heterocycles.